The SMILES string of the molecule is COc1ccc(NC(=O)c2ccc(F)c(Cl)c2)cc1NC(=O)c1ccccc1. The fraction of sp³-hybridized carbons (Fsp3) is 0.0476. The lowest BCUT2D eigenvalue weighted by atomic mass is 10.2. The Labute approximate surface area is 166 Å². The Morgan fingerprint density at radius 1 is 0.893 bits per heavy atom. The molecule has 7 heteroatoms. The predicted molar refractivity (Wildman–Crippen MR) is 107 cm³/mol. The van der Waals surface area contributed by atoms with Crippen molar-refractivity contribution in [3.8, 4) is 5.75 Å². The molecule has 0 atom stereocenters. The first-order valence-corrected chi connectivity index (χ1v) is 8.66. The number of anilines is 2. The van der Waals surface area contributed by atoms with Crippen molar-refractivity contribution in [2.45, 2.75) is 0 Å². The third-order valence-electron chi connectivity index (χ3n) is 3.92. The highest BCUT2D eigenvalue weighted by Gasteiger charge is 2.13. The van der Waals surface area contributed by atoms with Crippen LogP contribution in [0.25, 0.3) is 0 Å². The summed E-state index contributed by atoms with van der Waals surface area (Å²) >= 11 is 5.72. The van der Waals surface area contributed by atoms with E-state index in [2.05, 4.69) is 10.6 Å². The van der Waals surface area contributed by atoms with Crippen molar-refractivity contribution >= 4 is 34.8 Å². The molecule has 0 saturated carbocycles. The molecular formula is C21H16ClFN2O3. The molecular weight excluding hydrogens is 383 g/mol. The van der Waals surface area contributed by atoms with Crippen LogP contribution in [0.3, 0.4) is 0 Å². The second-order valence-electron chi connectivity index (χ2n) is 5.82. The molecule has 2 amide bonds. The summed E-state index contributed by atoms with van der Waals surface area (Å²) < 4.78 is 18.5. The average Bonchev–Trinajstić information content (AvgIpc) is 2.71. The van der Waals surface area contributed by atoms with Crippen LogP contribution in [-0.2, 0) is 0 Å². The van der Waals surface area contributed by atoms with Crippen molar-refractivity contribution in [3.05, 3.63) is 88.7 Å². The quantitative estimate of drug-likeness (QED) is 0.636. The minimum atomic E-state index is -0.603. The van der Waals surface area contributed by atoms with Gasteiger partial charge in [0.15, 0.2) is 0 Å². The molecule has 0 bridgehead atoms. The van der Waals surface area contributed by atoms with Crippen LogP contribution in [0.5, 0.6) is 5.75 Å². The Hall–Kier alpha value is -3.38. The molecule has 0 aliphatic rings. The molecule has 3 aromatic rings. The third-order valence-corrected chi connectivity index (χ3v) is 4.21. The fourth-order valence-corrected chi connectivity index (χ4v) is 2.69. The predicted octanol–water partition coefficient (Wildman–Crippen LogP) is 4.99. The molecule has 5 nitrogen and oxygen atoms in total. The molecule has 0 spiro atoms. The highest BCUT2D eigenvalue weighted by molar-refractivity contribution is 6.31. The maximum Gasteiger partial charge on any atom is 0.255 e. The van der Waals surface area contributed by atoms with Gasteiger partial charge in [-0.3, -0.25) is 9.59 Å². The zero-order chi connectivity index (χ0) is 20.1. The number of benzene rings is 3. The van der Waals surface area contributed by atoms with Gasteiger partial charge in [-0.15, -0.1) is 0 Å². The smallest absolute Gasteiger partial charge is 0.255 e. The molecule has 0 fully saturated rings. The van der Waals surface area contributed by atoms with E-state index >= 15 is 0 Å². The number of ether oxygens (including phenoxy) is 1. The second kappa shape index (κ2) is 8.54. The molecule has 3 aromatic carbocycles. The molecule has 0 aliphatic heterocycles. The summed E-state index contributed by atoms with van der Waals surface area (Å²) in [4.78, 5) is 24.8. The fourth-order valence-electron chi connectivity index (χ4n) is 2.51. The molecule has 28 heavy (non-hydrogen) atoms. The van der Waals surface area contributed by atoms with E-state index in [1.165, 1.54) is 19.2 Å². The van der Waals surface area contributed by atoms with E-state index in [0.29, 0.717) is 22.7 Å². The normalized spacial score (nSPS) is 10.2. The lowest BCUT2D eigenvalue weighted by Crippen LogP contribution is -2.14. The van der Waals surface area contributed by atoms with Gasteiger partial charge in [-0.2, -0.15) is 0 Å². The molecule has 2 N–H and O–H groups in total. The van der Waals surface area contributed by atoms with Crippen molar-refractivity contribution in [2.24, 2.45) is 0 Å². The van der Waals surface area contributed by atoms with Crippen LogP contribution in [0, 0.1) is 5.82 Å². The molecule has 0 aromatic heterocycles. The summed E-state index contributed by atoms with van der Waals surface area (Å²) in [7, 11) is 1.48. The largest absolute Gasteiger partial charge is 0.495 e. The molecule has 0 heterocycles. The number of amides is 2. The van der Waals surface area contributed by atoms with E-state index in [0.717, 1.165) is 6.07 Å². The first kappa shape index (κ1) is 19.4. The second-order valence-corrected chi connectivity index (χ2v) is 6.23. The van der Waals surface area contributed by atoms with Crippen LogP contribution in [0.1, 0.15) is 20.7 Å². The Morgan fingerprint density at radius 3 is 2.29 bits per heavy atom. The number of methoxy groups -OCH3 is 1. The van der Waals surface area contributed by atoms with E-state index in [1.54, 1.807) is 42.5 Å². The summed E-state index contributed by atoms with van der Waals surface area (Å²) in [6.45, 7) is 0. The Bertz CT molecular complexity index is 1030. The molecule has 0 radical (unpaired) electrons. The zero-order valence-corrected chi connectivity index (χ0v) is 15.6. The van der Waals surface area contributed by atoms with Gasteiger partial charge in [0.1, 0.15) is 11.6 Å². The summed E-state index contributed by atoms with van der Waals surface area (Å²) in [5.74, 6) is -0.944. The highest BCUT2D eigenvalue weighted by atomic mass is 35.5. The number of hydrogen-bond acceptors (Lipinski definition) is 3. The molecule has 142 valence electrons. The minimum absolute atomic E-state index is 0.141. The number of hydrogen-bond donors (Lipinski definition) is 2. The van der Waals surface area contributed by atoms with Gasteiger partial charge in [-0.1, -0.05) is 29.8 Å². The minimum Gasteiger partial charge on any atom is -0.495 e. The first-order valence-electron chi connectivity index (χ1n) is 8.29. The molecule has 0 unspecified atom stereocenters. The number of carbonyl (C=O) groups is 2. The van der Waals surface area contributed by atoms with Crippen LogP contribution in [-0.4, -0.2) is 18.9 Å². The monoisotopic (exact) mass is 398 g/mol. The molecule has 0 aliphatic carbocycles. The highest BCUT2D eigenvalue weighted by Crippen LogP contribution is 2.29. The van der Waals surface area contributed by atoms with Crippen molar-refractivity contribution < 1.29 is 18.7 Å². The van der Waals surface area contributed by atoms with E-state index in [4.69, 9.17) is 16.3 Å². The van der Waals surface area contributed by atoms with Crippen molar-refractivity contribution in [1.29, 1.82) is 0 Å². The zero-order valence-electron chi connectivity index (χ0n) is 14.8. The number of halogens is 2. The Kier molecular flexibility index (Phi) is 5.91. The third kappa shape index (κ3) is 4.47. The lowest BCUT2D eigenvalue weighted by molar-refractivity contribution is 0.101. The number of rotatable bonds is 5. The average molecular weight is 399 g/mol. The van der Waals surface area contributed by atoms with Crippen molar-refractivity contribution in [2.75, 3.05) is 17.7 Å². The standard InChI is InChI=1S/C21H16ClFN2O3/c1-28-19-10-8-15(24-21(27)14-7-9-17(23)16(22)11-14)12-18(19)25-20(26)13-5-3-2-4-6-13/h2-12H,1H3,(H,24,27)(H,25,26). The summed E-state index contributed by atoms with van der Waals surface area (Å²) in [5.41, 5.74) is 1.51. The van der Waals surface area contributed by atoms with Crippen LogP contribution in [0.2, 0.25) is 5.02 Å². The van der Waals surface area contributed by atoms with Gasteiger partial charge < -0.3 is 15.4 Å². The summed E-state index contributed by atoms with van der Waals surface area (Å²) in [6.07, 6.45) is 0. The topological polar surface area (TPSA) is 67.4 Å². The maximum atomic E-state index is 13.3. The first-order chi connectivity index (χ1) is 13.5. The summed E-state index contributed by atoms with van der Waals surface area (Å²) in [5, 5.41) is 5.30. The summed E-state index contributed by atoms with van der Waals surface area (Å²) in [6, 6.07) is 17.2. The van der Waals surface area contributed by atoms with Crippen LogP contribution < -0.4 is 15.4 Å². The van der Waals surface area contributed by atoms with Crippen LogP contribution in [0.15, 0.2) is 66.7 Å². The molecule has 3 rings (SSSR count). The van der Waals surface area contributed by atoms with Crippen molar-refractivity contribution in [1.82, 2.24) is 0 Å². The van der Waals surface area contributed by atoms with Crippen LogP contribution in [0.4, 0.5) is 15.8 Å². The van der Waals surface area contributed by atoms with Gasteiger partial charge in [-0.05, 0) is 48.5 Å². The van der Waals surface area contributed by atoms with Crippen LogP contribution >= 0.6 is 11.6 Å². The van der Waals surface area contributed by atoms with E-state index in [9.17, 15) is 14.0 Å². The lowest BCUT2D eigenvalue weighted by Gasteiger charge is -2.13. The number of nitrogens with one attached hydrogen (secondary N) is 2. The van der Waals surface area contributed by atoms with Gasteiger partial charge in [0, 0.05) is 16.8 Å². The maximum absolute atomic E-state index is 13.3. The van der Waals surface area contributed by atoms with E-state index < -0.39 is 11.7 Å². The van der Waals surface area contributed by atoms with E-state index in [1.807, 2.05) is 6.07 Å². The van der Waals surface area contributed by atoms with Gasteiger partial charge >= 0.3 is 0 Å². The van der Waals surface area contributed by atoms with Gasteiger partial charge in [-0.25, -0.2) is 4.39 Å². The Balaban J connectivity index is 1.81. The van der Waals surface area contributed by atoms with E-state index in [-0.39, 0.29) is 16.5 Å². The Morgan fingerprint density at radius 2 is 1.61 bits per heavy atom. The number of carbonyl (C=O) groups excluding carboxylic acids is 2. The van der Waals surface area contributed by atoms with Gasteiger partial charge in [0.25, 0.3) is 11.8 Å². The molecule has 0 saturated heterocycles. The van der Waals surface area contributed by atoms with Gasteiger partial charge in [0.05, 0.1) is 17.8 Å². The van der Waals surface area contributed by atoms with Crippen molar-refractivity contribution in [3.63, 3.8) is 0 Å². The van der Waals surface area contributed by atoms with Gasteiger partial charge in [0.2, 0.25) is 0 Å².